The van der Waals surface area contributed by atoms with Crippen molar-refractivity contribution in [1.82, 2.24) is 4.90 Å². The number of nitrogens with one attached hydrogen (secondary N) is 1. The van der Waals surface area contributed by atoms with Crippen molar-refractivity contribution < 1.29 is 28.2 Å². The summed E-state index contributed by atoms with van der Waals surface area (Å²) in [5.41, 5.74) is 1.26. The van der Waals surface area contributed by atoms with Crippen LogP contribution in [0.25, 0.3) is 5.57 Å². The maximum Gasteiger partial charge on any atom is 0.278 e. The summed E-state index contributed by atoms with van der Waals surface area (Å²) in [6.07, 6.45) is 0. The van der Waals surface area contributed by atoms with Crippen LogP contribution in [0.2, 0.25) is 0 Å². The highest BCUT2D eigenvalue weighted by molar-refractivity contribution is 6.36. The molecule has 1 heterocycles. The quantitative estimate of drug-likeness (QED) is 0.687. The van der Waals surface area contributed by atoms with E-state index >= 15 is 0 Å². The van der Waals surface area contributed by atoms with Crippen molar-refractivity contribution in [2.75, 3.05) is 39.8 Å². The van der Waals surface area contributed by atoms with Crippen LogP contribution in [0.1, 0.15) is 5.56 Å². The van der Waals surface area contributed by atoms with Crippen LogP contribution < -0.4 is 14.8 Å². The van der Waals surface area contributed by atoms with Crippen molar-refractivity contribution >= 4 is 23.1 Å². The first-order valence-corrected chi connectivity index (χ1v) is 8.84. The van der Waals surface area contributed by atoms with Crippen molar-refractivity contribution in [2.24, 2.45) is 0 Å². The summed E-state index contributed by atoms with van der Waals surface area (Å²) in [5.74, 6) is -0.419. The van der Waals surface area contributed by atoms with Gasteiger partial charge in [-0.1, -0.05) is 6.07 Å². The van der Waals surface area contributed by atoms with E-state index in [1.165, 1.54) is 45.6 Å². The Labute approximate surface area is 167 Å². The van der Waals surface area contributed by atoms with Gasteiger partial charge < -0.3 is 19.5 Å². The van der Waals surface area contributed by atoms with Gasteiger partial charge >= 0.3 is 0 Å². The SMILES string of the molecule is COCCN1C(=O)C(Nc2ccc(F)cc2)=C(c2ccc(OC)c(OC)c2)C1=O. The van der Waals surface area contributed by atoms with Crippen LogP contribution in [-0.2, 0) is 14.3 Å². The second-order valence-corrected chi connectivity index (χ2v) is 6.21. The summed E-state index contributed by atoms with van der Waals surface area (Å²) < 4.78 is 28.8. The maximum atomic E-state index is 13.2. The van der Waals surface area contributed by atoms with Crippen molar-refractivity contribution in [1.29, 1.82) is 0 Å². The zero-order valence-corrected chi connectivity index (χ0v) is 16.3. The van der Waals surface area contributed by atoms with Gasteiger partial charge in [-0.15, -0.1) is 0 Å². The van der Waals surface area contributed by atoms with Crippen LogP contribution in [0.4, 0.5) is 10.1 Å². The number of hydrogen-bond donors (Lipinski definition) is 1. The largest absolute Gasteiger partial charge is 0.493 e. The molecule has 0 saturated carbocycles. The molecule has 2 aromatic carbocycles. The Balaban J connectivity index is 2.07. The average molecular weight is 400 g/mol. The fourth-order valence-electron chi connectivity index (χ4n) is 3.01. The molecule has 3 rings (SSSR count). The topological polar surface area (TPSA) is 77.1 Å². The highest BCUT2D eigenvalue weighted by atomic mass is 19.1. The Morgan fingerprint density at radius 3 is 2.24 bits per heavy atom. The van der Waals surface area contributed by atoms with Crippen molar-refractivity contribution in [3.05, 3.63) is 59.5 Å². The van der Waals surface area contributed by atoms with Crippen LogP contribution in [0.3, 0.4) is 0 Å². The van der Waals surface area contributed by atoms with Gasteiger partial charge in [-0.2, -0.15) is 0 Å². The molecule has 0 bridgehead atoms. The first-order valence-electron chi connectivity index (χ1n) is 8.84. The van der Waals surface area contributed by atoms with Crippen LogP contribution in [0.5, 0.6) is 11.5 Å². The number of rotatable bonds is 8. The molecule has 0 radical (unpaired) electrons. The molecule has 0 unspecified atom stereocenters. The van der Waals surface area contributed by atoms with E-state index in [0.29, 0.717) is 22.7 Å². The number of ether oxygens (including phenoxy) is 3. The van der Waals surface area contributed by atoms with E-state index in [1.54, 1.807) is 18.2 Å². The molecule has 1 aliphatic heterocycles. The van der Waals surface area contributed by atoms with Gasteiger partial charge in [0, 0.05) is 12.8 Å². The Bertz CT molecular complexity index is 956. The molecule has 0 spiro atoms. The molecular formula is C21H21FN2O5. The molecular weight excluding hydrogens is 379 g/mol. The summed E-state index contributed by atoms with van der Waals surface area (Å²) in [6, 6.07) is 10.5. The van der Waals surface area contributed by atoms with E-state index in [4.69, 9.17) is 14.2 Å². The molecule has 1 aliphatic rings. The number of carbonyl (C=O) groups excluding carboxylic acids is 2. The number of carbonyl (C=O) groups is 2. The molecule has 2 aromatic rings. The van der Waals surface area contributed by atoms with Crippen LogP contribution in [-0.4, -0.2) is 51.2 Å². The number of hydrogen-bond acceptors (Lipinski definition) is 6. The van der Waals surface area contributed by atoms with E-state index in [9.17, 15) is 14.0 Å². The summed E-state index contributed by atoms with van der Waals surface area (Å²) >= 11 is 0. The minimum Gasteiger partial charge on any atom is -0.493 e. The Hall–Kier alpha value is -3.39. The van der Waals surface area contributed by atoms with Gasteiger partial charge in [-0.25, -0.2) is 4.39 Å². The Morgan fingerprint density at radius 2 is 1.62 bits per heavy atom. The van der Waals surface area contributed by atoms with Crippen molar-refractivity contribution in [3.63, 3.8) is 0 Å². The number of benzene rings is 2. The number of imide groups is 1. The number of anilines is 1. The summed E-state index contributed by atoms with van der Waals surface area (Å²) in [7, 11) is 4.49. The number of amides is 2. The average Bonchev–Trinajstić information content (AvgIpc) is 2.96. The van der Waals surface area contributed by atoms with Crippen LogP contribution in [0.15, 0.2) is 48.2 Å². The Morgan fingerprint density at radius 1 is 0.931 bits per heavy atom. The normalized spacial score (nSPS) is 13.9. The maximum absolute atomic E-state index is 13.2. The third-order valence-electron chi connectivity index (χ3n) is 4.47. The van der Waals surface area contributed by atoms with Gasteiger partial charge in [0.1, 0.15) is 11.5 Å². The zero-order valence-electron chi connectivity index (χ0n) is 16.3. The molecule has 29 heavy (non-hydrogen) atoms. The summed E-state index contributed by atoms with van der Waals surface area (Å²) in [6.45, 7) is 0.320. The second kappa shape index (κ2) is 8.74. The molecule has 152 valence electrons. The lowest BCUT2D eigenvalue weighted by molar-refractivity contribution is -0.137. The van der Waals surface area contributed by atoms with Gasteiger partial charge in [0.25, 0.3) is 11.8 Å². The predicted octanol–water partition coefficient (Wildman–Crippen LogP) is 2.68. The van der Waals surface area contributed by atoms with E-state index in [0.717, 1.165) is 4.90 Å². The molecule has 7 nitrogen and oxygen atoms in total. The fourth-order valence-corrected chi connectivity index (χ4v) is 3.01. The van der Waals surface area contributed by atoms with Crippen molar-refractivity contribution in [2.45, 2.75) is 0 Å². The summed E-state index contributed by atoms with van der Waals surface area (Å²) in [5, 5.41) is 2.96. The van der Waals surface area contributed by atoms with E-state index in [1.807, 2.05) is 0 Å². The fraction of sp³-hybridized carbons (Fsp3) is 0.238. The molecule has 0 aromatic heterocycles. The van der Waals surface area contributed by atoms with E-state index < -0.39 is 17.6 Å². The highest BCUT2D eigenvalue weighted by Gasteiger charge is 2.39. The number of halogens is 1. The second-order valence-electron chi connectivity index (χ2n) is 6.21. The summed E-state index contributed by atoms with van der Waals surface area (Å²) in [4.78, 5) is 27.1. The van der Waals surface area contributed by atoms with E-state index in [-0.39, 0.29) is 24.4 Å². The molecule has 0 aliphatic carbocycles. The van der Waals surface area contributed by atoms with Crippen LogP contribution in [0, 0.1) is 5.82 Å². The molecule has 0 saturated heterocycles. The monoisotopic (exact) mass is 400 g/mol. The van der Waals surface area contributed by atoms with Gasteiger partial charge in [0.15, 0.2) is 11.5 Å². The highest BCUT2D eigenvalue weighted by Crippen LogP contribution is 2.35. The predicted molar refractivity (Wildman–Crippen MR) is 105 cm³/mol. The lowest BCUT2D eigenvalue weighted by Gasteiger charge is -2.14. The van der Waals surface area contributed by atoms with Crippen molar-refractivity contribution in [3.8, 4) is 11.5 Å². The van der Waals surface area contributed by atoms with Gasteiger partial charge in [0.05, 0.1) is 32.9 Å². The van der Waals surface area contributed by atoms with Gasteiger partial charge in [-0.05, 0) is 42.0 Å². The smallest absolute Gasteiger partial charge is 0.278 e. The lowest BCUT2D eigenvalue weighted by Crippen LogP contribution is -2.35. The molecule has 8 heteroatoms. The molecule has 1 N–H and O–H groups in total. The zero-order chi connectivity index (χ0) is 21.0. The van der Waals surface area contributed by atoms with Gasteiger partial charge in [-0.3, -0.25) is 14.5 Å². The van der Waals surface area contributed by atoms with E-state index in [2.05, 4.69) is 5.32 Å². The minimum absolute atomic E-state index is 0.102. The van der Waals surface area contributed by atoms with Gasteiger partial charge in [0.2, 0.25) is 0 Å². The third-order valence-corrected chi connectivity index (χ3v) is 4.47. The Kier molecular flexibility index (Phi) is 6.13. The first-order chi connectivity index (χ1) is 14.0. The lowest BCUT2D eigenvalue weighted by atomic mass is 10.0. The number of methoxy groups -OCH3 is 3. The third kappa shape index (κ3) is 4.07. The molecule has 2 amide bonds. The van der Waals surface area contributed by atoms with Crippen LogP contribution >= 0.6 is 0 Å². The standard InChI is InChI=1S/C21H21FN2O5/c1-27-11-10-24-20(25)18(13-4-9-16(28-2)17(12-13)29-3)19(21(24)26)23-15-7-5-14(22)6-8-15/h4-9,12,23H,10-11H2,1-3H3. The minimum atomic E-state index is -0.485. The molecule has 0 fully saturated rings. The number of nitrogens with zero attached hydrogens (tertiary/aromatic N) is 1. The molecule has 0 atom stereocenters. The first kappa shape index (κ1) is 20.3.